The molecule has 8 heteroatoms. The Labute approximate surface area is 169 Å². The minimum atomic E-state index is -0.298. The van der Waals surface area contributed by atoms with Crippen LogP contribution in [-0.4, -0.2) is 41.2 Å². The van der Waals surface area contributed by atoms with Crippen LogP contribution in [0.2, 0.25) is 0 Å². The molecule has 2 aliphatic rings. The summed E-state index contributed by atoms with van der Waals surface area (Å²) in [5.41, 5.74) is 7.85. The van der Waals surface area contributed by atoms with E-state index in [1.165, 1.54) is 0 Å². The molecule has 29 heavy (non-hydrogen) atoms. The first-order chi connectivity index (χ1) is 14.1. The number of phenolic OH excluding ortho intramolecular Hbond substituents is 1. The fourth-order valence-corrected chi connectivity index (χ4v) is 3.93. The lowest BCUT2D eigenvalue weighted by Crippen LogP contribution is -2.50. The van der Waals surface area contributed by atoms with Crippen LogP contribution in [0.5, 0.6) is 5.75 Å². The zero-order chi connectivity index (χ0) is 20.2. The Kier molecular flexibility index (Phi) is 5.60. The molecule has 3 heterocycles. The topological polar surface area (TPSA) is 113 Å². The average Bonchev–Trinajstić information content (AvgIpc) is 3.25. The third-order valence-electron chi connectivity index (χ3n) is 5.56. The van der Waals surface area contributed by atoms with Crippen molar-refractivity contribution in [2.24, 2.45) is 0 Å². The maximum absolute atomic E-state index is 12.7. The lowest BCUT2D eigenvalue weighted by molar-refractivity contribution is -0.123. The predicted octanol–water partition coefficient (Wildman–Crippen LogP) is 1.35. The Bertz CT molecular complexity index is 902. The molecule has 2 fully saturated rings. The normalized spacial score (nSPS) is 22.2. The fraction of sp³-hybridized carbons (Fsp3) is 0.381. The Hall–Kier alpha value is -3.15. The number of hydrazine groups is 1. The zero-order valence-electron chi connectivity index (χ0n) is 16.0. The SMILES string of the molecule is N#Cc1cccnc1N1CCC(NC(=O)C2CC(c3ccc(O)cc3)NN2)CC1. The molecule has 0 radical (unpaired) electrons. The largest absolute Gasteiger partial charge is 0.508 e. The molecule has 1 aromatic heterocycles. The van der Waals surface area contributed by atoms with Crippen LogP contribution < -0.4 is 21.1 Å². The van der Waals surface area contributed by atoms with Crippen LogP contribution in [0.3, 0.4) is 0 Å². The van der Waals surface area contributed by atoms with Gasteiger partial charge in [-0.25, -0.2) is 15.8 Å². The van der Waals surface area contributed by atoms with Gasteiger partial charge in [0.2, 0.25) is 5.91 Å². The second kappa shape index (κ2) is 8.47. The molecule has 150 valence electrons. The van der Waals surface area contributed by atoms with Crippen molar-refractivity contribution in [1.29, 1.82) is 5.26 Å². The van der Waals surface area contributed by atoms with Crippen molar-refractivity contribution in [2.75, 3.05) is 18.0 Å². The van der Waals surface area contributed by atoms with Crippen molar-refractivity contribution in [3.63, 3.8) is 0 Å². The second-order valence-corrected chi connectivity index (χ2v) is 7.48. The molecular weight excluding hydrogens is 368 g/mol. The van der Waals surface area contributed by atoms with E-state index in [0.29, 0.717) is 12.0 Å². The van der Waals surface area contributed by atoms with Gasteiger partial charge in [-0.3, -0.25) is 4.79 Å². The molecule has 2 atom stereocenters. The van der Waals surface area contributed by atoms with Crippen molar-refractivity contribution in [3.8, 4) is 11.8 Å². The zero-order valence-corrected chi connectivity index (χ0v) is 16.0. The molecular formula is C21H24N6O2. The van der Waals surface area contributed by atoms with Crippen molar-refractivity contribution in [3.05, 3.63) is 53.7 Å². The van der Waals surface area contributed by atoms with Crippen molar-refractivity contribution in [1.82, 2.24) is 21.2 Å². The predicted molar refractivity (Wildman–Crippen MR) is 108 cm³/mol. The van der Waals surface area contributed by atoms with Gasteiger partial charge in [-0.05, 0) is 49.1 Å². The lowest BCUT2D eigenvalue weighted by Gasteiger charge is -2.33. The summed E-state index contributed by atoms with van der Waals surface area (Å²) in [5, 5.41) is 21.8. The van der Waals surface area contributed by atoms with Gasteiger partial charge in [-0.15, -0.1) is 0 Å². The molecule has 8 nitrogen and oxygen atoms in total. The number of hydrogen-bond donors (Lipinski definition) is 4. The van der Waals surface area contributed by atoms with Gasteiger partial charge in [0, 0.05) is 31.4 Å². The van der Waals surface area contributed by atoms with Crippen molar-refractivity contribution >= 4 is 11.7 Å². The molecule has 4 N–H and O–H groups in total. The first-order valence-electron chi connectivity index (χ1n) is 9.84. The van der Waals surface area contributed by atoms with Gasteiger partial charge >= 0.3 is 0 Å². The molecule has 1 amide bonds. The number of aromatic hydroxyl groups is 1. The second-order valence-electron chi connectivity index (χ2n) is 7.48. The number of anilines is 1. The molecule has 4 rings (SSSR count). The number of nitrogens with zero attached hydrogens (tertiary/aromatic N) is 3. The molecule has 1 aromatic carbocycles. The first-order valence-corrected chi connectivity index (χ1v) is 9.84. The van der Waals surface area contributed by atoms with E-state index >= 15 is 0 Å². The Balaban J connectivity index is 1.28. The number of hydrogen-bond acceptors (Lipinski definition) is 7. The highest BCUT2D eigenvalue weighted by molar-refractivity contribution is 5.82. The van der Waals surface area contributed by atoms with E-state index in [1.54, 1.807) is 30.5 Å². The fourth-order valence-electron chi connectivity index (χ4n) is 3.93. The molecule has 0 saturated carbocycles. The summed E-state index contributed by atoms with van der Waals surface area (Å²) in [6, 6.07) is 12.6. The van der Waals surface area contributed by atoms with Crippen LogP contribution in [0.15, 0.2) is 42.6 Å². The summed E-state index contributed by atoms with van der Waals surface area (Å²) in [6.07, 6.45) is 3.98. The summed E-state index contributed by atoms with van der Waals surface area (Å²) in [6.45, 7) is 1.51. The number of pyridine rings is 1. The third kappa shape index (κ3) is 4.31. The number of nitrogens with one attached hydrogen (secondary N) is 3. The van der Waals surface area contributed by atoms with Crippen LogP contribution in [0.1, 0.15) is 36.4 Å². The van der Waals surface area contributed by atoms with Crippen LogP contribution >= 0.6 is 0 Å². The summed E-state index contributed by atoms with van der Waals surface area (Å²) in [5.74, 6) is 0.943. The molecule has 0 spiro atoms. The van der Waals surface area contributed by atoms with Crippen molar-refractivity contribution in [2.45, 2.75) is 37.4 Å². The Morgan fingerprint density at radius 1 is 1.21 bits per heavy atom. The monoisotopic (exact) mass is 392 g/mol. The van der Waals surface area contributed by atoms with Gasteiger partial charge in [0.15, 0.2) is 0 Å². The molecule has 2 unspecified atom stereocenters. The summed E-state index contributed by atoms with van der Waals surface area (Å²) < 4.78 is 0. The highest BCUT2D eigenvalue weighted by atomic mass is 16.3. The van der Waals surface area contributed by atoms with E-state index in [9.17, 15) is 15.2 Å². The van der Waals surface area contributed by atoms with Gasteiger partial charge in [0.25, 0.3) is 0 Å². The number of benzene rings is 1. The number of rotatable bonds is 4. The summed E-state index contributed by atoms with van der Waals surface area (Å²) >= 11 is 0. The quantitative estimate of drug-likeness (QED) is 0.621. The van der Waals surface area contributed by atoms with Gasteiger partial charge < -0.3 is 15.3 Å². The lowest BCUT2D eigenvalue weighted by atomic mass is 10.0. The smallest absolute Gasteiger partial charge is 0.238 e. The van der Waals surface area contributed by atoms with E-state index in [0.717, 1.165) is 37.3 Å². The van der Waals surface area contributed by atoms with E-state index < -0.39 is 0 Å². The number of phenols is 1. The standard InChI is InChI=1S/C21H24N6O2/c22-13-15-2-1-9-23-20(15)27-10-7-16(8-11-27)24-21(29)19-12-18(25-26-19)14-3-5-17(28)6-4-14/h1-6,9,16,18-19,25-26,28H,7-8,10-12H2,(H,24,29). The molecule has 0 bridgehead atoms. The molecule has 0 aliphatic carbocycles. The highest BCUT2D eigenvalue weighted by Gasteiger charge is 2.32. The first kappa shape index (κ1) is 19.2. The minimum absolute atomic E-state index is 0.00669. The highest BCUT2D eigenvalue weighted by Crippen LogP contribution is 2.25. The summed E-state index contributed by atoms with van der Waals surface area (Å²) in [4.78, 5) is 19.1. The van der Waals surface area contributed by atoms with E-state index in [1.807, 2.05) is 12.1 Å². The van der Waals surface area contributed by atoms with Crippen molar-refractivity contribution < 1.29 is 9.90 Å². The number of aromatic nitrogens is 1. The van der Waals surface area contributed by atoms with Crippen LogP contribution in [0.25, 0.3) is 0 Å². The van der Waals surface area contributed by atoms with Gasteiger partial charge in [-0.1, -0.05) is 12.1 Å². The Morgan fingerprint density at radius 2 is 1.97 bits per heavy atom. The maximum atomic E-state index is 12.7. The third-order valence-corrected chi connectivity index (χ3v) is 5.56. The van der Waals surface area contributed by atoms with Gasteiger partial charge in [0.05, 0.1) is 5.56 Å². The van der Waals surface area contributed by atoms with Crippen LogP contribution in [0.4, 0.5) is 5.82 Å². The molecule has 2 saturated heterocycles. The van der Waals surface area contributed by atoms with E-state index in [4.69, 9.17) is 0 Å². The number of nitriles is 1. The van der Waals surface area contributed by atoms with E-state index in [2.05, 4.69) is 32.1 Å². The molecule has 2 aliphatic heterocycles. The van der Waals surface area contributed by atoms with E-state index in [-0.39, 0.29) is 29.8 Å². The van der Waals surface area contributed by atoms with Gasteiger partial charge in [-0.2, -0.15) is 5.26 Å². The maximum Gasteiger partial charge on any atom is 0.238 e. The number of amides is 1. The van der Waals surface area contributed by atoms with Crippen LogP contribution in [0, 0.1) is 11.3 Å². The summed E-state index contributed by atoms with van der Waals surface area (Å²) in [7, 11) is 0. The van der Waals surface area contributed by atoms with Gasteiger partial charge in [0.1, 0.15) is 23.7 Å². The number of carbonyl (C=O) groups excluding carboxylic acids is 1. The van der Waals surface area contributed by atoms with Crippen LogP contribution in [-0.2, 0) is 4.79 Å². The minimum Gasteiger partial charge on any atom is -0.508 e. The Morgan fingerprint density at radius 3 is 2.69 bits per heavy atom. The average molecular weight is 392 g/mol. The molecule has 2 aromatic rings. The number of piperidine rings is 1. The number of carbonyl (C=O) groups is 1.